The van der Waals surface area contributed by atoms with Crippen LogP contribution in [0.4, 0.5) is 20.2 Å². The van der Waals surface area contributed by atoms with Gasteiger partial charge in [-0.15, -0.1) is 0 Å². The molecule has 0 radical (unpaired) electrons. The van der Waals surface area contributed by atoms with Gasteiger partial charge in [0.15, 0.2) is 6.17 Å². The van der Waals surface area contributed by atoms with Crippen LogP contribution in [-0.4, -0.2) is 23.0 Å². The summed E-state index contributed by atoms with van der Waals surface area (Å²) in [4.78, 5) is 3.80. The smallest absolute Gasteiger partial charge is 0.228 e. The lowest BCUT2D eigenvalue weighted by Crippen LogP contribution is -2.48. The summed E-state index contributed by atoms with van der Waals surface area (Å²) in [5.41, 5.74) is 1.51. The van der Waals surface area contributed by atoms with Gasteiger partial charge in [0.25, 0.3) is 0 Å². The summed E-state index contributed by atoms with van der Waals surface area (Å²) in [7, 11) is 0. The van der Waals surface area contributed by atoms with Gasteiger partial charge in [-0.25, -0.2) is 8.78 Å². The second kappa shape index (κ2) is 6.34. The summed E-state index contributed by atoms with van der Waals surface area (Å²) in [5, 5.41) is 0. The fourth-order valence-electron chi connectivity index (χ4n) is 2.79. The molecular formula is C16H13Cl3F2N2. The molecule has 7 heteroatoms. The van der Waals surface area contributed by atoms with E-state index < -0.39 is 9.96 Å². The highest BCUT2D eigenvalue weighted by atomic mass is 35.6. The number of halogens is 5. The average Bonchev–Trinajstić information content (AvgIpc) is 2.94. The largest absolute Gasteiger partial charge is 0.346 e. The Morgan fingerprint density at radius 1 is 0.739 bits per heavy atom. The second-order valence-corrected chi connectivity index (χ2v) is 7.62. The fourth-order valence-corrected chi connectivity index (χ4v) is 3.49. The zero-order chi connectivity index (χ0) is 16.6. The monoisotopic (exact) mass is 376 g/mol. The van der Waals surface area contributed by atoms with E-state index in [0.717, 1.165) is 11.4 Å². The standard InChI is InChI=1S/C16H13Cl3F2N2/c17-16(18,19)15-22(13-5-1-11(20)2-6-13)9-10-23(15)14-7-3-12(21)4-8-14/h1-8,15H,9-10H2. The first-order valence-electron chi connectivity index (χ1n) is 6.97. The molecule has 0 bridgehead atoms. The summed E-state index contributed by atoms with van der Waals surface area (Å²) in [6.45, 7) is 1.20. The third-order valence-corrected chi connectivity index (χ3v) is 4.37. The van der Waals surface area contributed by atoms with Crippen molar-refractivity contribution in [1.82, 2.24) is 0 Å². The van der Waals surface area contributed by atoms with Gasteiger partial charge in [-0.2, -0.15) is 0 Å². The van der Waals surface area contributed by atoms with Crippen LogP contribution in [0.1, 0.15) is 0 Å². The summed E-state index contributed by atoms with van der Waals surface area (Å²) >= 11 is 18.6. The van der Waals surface area contributed by atoms with E-state index in [-0.39, 0.29) is 11.6 Å². The lowest BCUT2D eigenvalue weighted by Gasteiger charge is -2.37. The van der Waals surface area contributed by atoms with Gasteiger partial charge in [-0.05, 0) is 48.5 Å². The van der Waals surface area contributed by atoms with E-state index in [9.17, 15) is 8.78 Å². The topological polar surface area (TPSA) is 6.48 Å². The minimum atomic E-state index is -1.60. The maximum Gasteiger partial charge on any atom is 0.228 e. The Kier molecular flexibility index (Phi) is 4.59. The molecule has 2 aromatic rings. The summed E-state index contributed by atoms with van der Waals surface area (Å²) in [6.07, 6.45) is -0.580. The molecule has 1 fully saturated rings. The average molecular weight is 378 g/mol. The van der Waals surface area contributed by atoms with E-state index in [4.69, 9.17) is 34.8 Å². The highest BCUT2D eigenvalue weighted by Crippen LogP contribution is 2.41. The third-order valence-electron chi connectivity index (χ3n) is 3.78. The van der Waals surface area contributed by atoms with Gasteiger partial charge in [0, 0.05) is 24.5 Å². The molecule has 0 aliphatic carbocycles. The number of benzene rings is 2. The van der Waals surface area contributed by atoms with Crippen LogP contribution in [0.5, 0.6) is 0 Å². The number of alkyl halides is 3. The zero-order valence-electron chi connectivity index (χ0n) is 11.9. The van der Waals surface area contributed by atoms with Crippen LogP contribution >= 0.6 is 34.8 Å². The van der Waals surface area contributed by atoms with Crippen LogP contribution in [0.25, 0.3) is 0 Å². The van der Waals surface area contributed by atoms with Crippen LogP contribution < -0.4 is 9.80 Å². The molecular weight excluding hydrogens is 365 g/mol. The summed E-state index contributed by atoms with van der Waals surface area (Å²) in [5.74, 6) is -0.650. The molecule has 1 heterocycles. The Hall–Kier alpha value is -1.23. The molecule has 0 amide bonds. The van der Waals surface area contributed by atoms with Crippen LogP contribution in [0.2, 0.25) is 0 Å². The molecule has 122 valence electrons. The van der Waals surface area contributed by atoms with Gasteiger partial charge in [0.2, 0.25) is 3.79 Å². The van der Waals surface area contributed by atoms with Crippen molar-refractivity contribution in [2.24, 2.45) is 0 Å². The summed E-state index contributed by atoms with van der Waals surface area (Å²) < 4.78 is 24.7. The van der Waals surface area contributed by atoms with Crippen molar-refractivity contribution in [3.05, 3.63) is 60.2 Å². The van der Waals surface area contributed by atoms with E-state index in [0.29, 0.717) is 13.1 Å². The molecule has 1 aliphatic heterocycles. The molecule has 0 N–H and O–H groups in total. The number of rotatable bonds is 2. The number of anilines is 2. The highest BCUT2D eigenvalue weighted by molar-refractivity contribution is 6.68. The molecule has 1 saturated heterocycles. The molecule has 3 rings (SSSR count). The van der Waals surface area contributed by atoms with Crippen molar-refractivity contribution in [2.75, 3.05) is 22.9 Å². The zero-order valence-corrected chi connectivity index (χ0v) is 14.2. The van der Waals surface area contributed by atoms with Crippen molar-refractivity contribution >= 4 is 46.2 Å². The van der Waals surface area contributed by atoms with E-state index in [1.54, 1.807) is 24.3 Å². The van der Waals surface area contributed by atoms with E-state index in [1.807, 2.05) is 9.80 Å². The van der Waals surface area contributed by atoms with Gasteiger partial charge in [-0.1, -0.05) is 34.8 Å². The normalized spacial score (nSPS) is 16.2. The molecule has 0 spiro atoms. The van der Waals surface area contributed by atoms with Crippen LogP contribution in [-0.2, 0) is 0 Å². The lowest BCUT2D eigenvalue weighted by atomic mass is 10.2. The van der Waals surface area contributed by atoms with Crippen LogP contribution in [0, 0.1) is 11.6 Å². The molecule has 2 aromatic carbocycles. The van der Waals surface area contributed by atoms with E-state index in [2.05, 4.69) is 0 Å². The Bertz CT molecular complexity index is 618. The van der Waals surface area contributed by atoms with E-state index in [1.165, 1.54) is 24.3 Å². The first-order valence-corrected chi connectivity index (χ1v) is 8.11. The van der Waals surface area contributed by atoms with Crippen molar-refractivity contribution in [3.63, 3.8) is 0 Å². The van der Waals surface area contributed by atoms with Gasteiger partial charge < -0.3 is 9.80 Å². The maximum atomic E-state index is 13.1. The molecule has 0 unspecified atom stereocenters. The molecule has 0 saturated carbocycles. The van der Waals surface area contributed by atoms with Gasteiger partial charge >= 0.3 is 0 Å². The van der Waals surface area contributed by atoms with Crippen molar-refractivity contribution in [1.29, 1.82) is 0 Å². The van der Waals surface area contributed by atoms with Crippen molar-refractivity contribution in [3.8, 4) is 0 Å². The minimum Gasteiger partial charge on any atom is -0.346 e. The quantitative estimate of drug-likeness (QED) is 0.681. The highest BCUT2D eigenvalue weighted by Gasteiger charge is 2.45. The van der Waals surface area contributed by atoms with Gasteiger partial charge in [0.1, 0.15) is 11.6 Å². The van der Waals surface area contributed by atoms with Crippen molar-refractivity contribution < 1.29 is 8.78 Å². The maximum absolute atomic E-state index is 13.1. The van der Waals surface area contributed by atoms with Gasteiger partial charge in [-0.3, -0.25) is 0 Å². The number of hydrogen-bond acceptors (Lipinski definition) is 2. The second-order valence-electron chi connectivity index (χ2n) is 5.25. The van der Waals surface area contributed by atoms with Crippen molar-refractivity contribution in [2.45, 2.75) is 9.96 Å². The molecule has 0 aromatic heterocycles. The fraction of sp³-hybridized carbons (Fsp3) is 0.250. The first-order chi connectivity index (χ1) is 10.9. The first kappa shape index (κ1) is 16.6. The predicted molar refractivity (Wildman–Crippen MR) is 91.6 cm³/mol. The van der Waals surface area contributed by atoms with E-state index >= 15 is 0 Å². The van der Waals surface area contributed by atoms with Crippen LogP contribution in [0.15, 0.2) is 48.5 Å². The molecule has 23 heavy (non-hydrogen) atoms. The Labute approximate surface area is 148 Å². The number of hydrogen-bond donors (Lipinski definition) is 0. The minimum absolute atomic E-state index is 0.325. The SMILES string of the molecule is Fc1ccc(N2CCN(c3ccc(F)cc3)C2C(Cl)(Cl)Cl)cc1. The Morgan fingerprint density at radius 2 is 1.09 bits per heavy atom. The lowest BCUT2D eigenvalue weighted by molar-refractivity contribution is 0.625. The summed E-state index contributed by atoms with van der Waals surface area (Å²) in [6, 6.07) is 12.0. The molecule has 1 aliphatic rings. The molecule has 0 atom stereocenters. The molecule has 2 nitrogen and oxygen atoms in total. The Balaban J connectivity index is 1.96. The predicted octanol–water partition coefficient (Wildman–Crippen LogP) is 4.99. The Morgan fingerprint density at radius 3 is 1.39 bits per heavy atom. The van der Waals surface area contributed by atoms with Crippen LogP contribution in [0.3, 0.4) is 0 Å². The third kappa shape index (κ3) is 3.49. The van der Waals surface area contributed by atoms with Gasteiger partial charge in [0.05, 0.1) is 0 Å². The number of nitrogens with zero attached hydrogens (tertiary/aromatic N) is 2.